The summed E-state index contributed by atoms with van der Waals surface area (Å²) >= 11 is 1.38. The summed E-state index contributed by atoms with van der Waals surface area (Å²) in [6.07, 6.45) is -2.14. The minimum absolute atomic E-state index is 0. The molecule has 0 aliphatic carbocycles. The van der Waals surface area contributed by atoms with Gasteiger partial charge in [0.05, 0.1) is 6.61 Å². The fourth-order valence-electron chi connectivity index (χ4n) is 3.72. The van der Waals surface area contributed by atoms with Crippen molar-refractivity contribution < 1.29 is 33.4 Å². The molecule has 2 saturated heterocycles. The lowest BCUT2D eigenvalue weighted by molar-refractivity contribution is -0.180. The first-order valence-corrected chi connectivity index (χ1v) is 11.1. The van der Waals surface area contributed by atoms with Gasteiger partial charge in [-0.15, -0.1) is 24.2 Å². The number of β-lactam (4-membered cyclic amide) rings is 1. The monoisotopic (exact) mass is 501 g/mol. The Morgan fingerprint density at radius 3 is 2.45 bits per heavy atom. The number of hydrogen-bond acceptors (Lipinski definition) is 9. The lowest BCUT2D eigenvalue weighted by atomic mass is 9.95. The largest absolute Gasteiger partial charge is 0.511 e. The second-order valence-corrected chi connectivity index (χ2v) is 9.71. The van der Waals surface area contributed by atoms with Gasteiger partial charge in [-0.2, -0.15) is 0 Å². The number of hydrogen-bond donors (Lipinski definition) is 2. The molecule has 0 bridgehead atoms. The van der Waals surface area contributed by atoms with E-state index in [0.717, 1.165) is 0 Å². The van der Waals surface area contributed by atoms with Crippen LogP contribution in [0, 0.1) is 0 Å². The molecule has 33 heavy (non-hydrogen) atoms. The number of rotatable bonds is 7. The minimum Gasteiger partial charge on any atom is -0.435 e. The summed E-state index contributed by atoms with van der Waals surface area (Å²) in [4.78, 5) is 51.0. The Balaban J connectivity index is 0.00000385. The maximum Gasteiger partial charge on any atom is 0.511 e. The molecule has 182 valence electrons. The van der Waals surface area contributed by atoms with Gasteiger partial charge >= 0.3 is 12.1 Å². The van der Waals surface area contributed by atoms with Crippen LogP contribution in [-0.2, 0) is 28.6 Å². The van der Waals surface area contributed by atoms with Crippen LogP contribution in [0.1, 0.15) is 39.3 Å². The zero-order valence-corrected chi connectivity index (χ0v) is 20.3. The fraction of sp³-hybridized carbons (Fsp3) is 0.524. The van der Waals surface area contributed by atoms with E-state index < -0.39 is 58.5 Å². The van der Waals surface area contributed by atoms with Crippen LogP contribution in [0.4, 0.5) is 4.79 Å². The van der Waals surface area contributed by atoms with Gasteiger partial charge in [-0.1, -0.05) is 30.3 Å². The van der Waals surface area contributed by atoms with Crippen LogP contribution in [0.15, 0.2) is 30.3 Å². The summed E-state index contributed by atoms with van der Waals surface area (Å²) in [5, 5.41) is 2.26. The van der Waals surface area contributed by atoms with E-state index in [0.29, 0.717) is 5.56 Å². The maximum absolute atomic E-state index is 12.8. The molecule has 0 aromatic heterocycles. The lowest BCUT2D eigenvalue weighted by Gasteiger charge is -2.44. The number of carbonyl (C=O) groups is 4. The van der Waals surface area contributed by atoms with Crippen LogP contribution >= 0.6 is 24.2 Å². The molecule has 10 nitrogen and oxygen atoms in total. The van der Waals surface area contributed by atoms with Crippen molar-refractivity contribution in [3.05, 3.63) is 35.9 Å². The van der Waals surface area contributed by atoms with Crippen molar-refractivity contribution in [1.82, 2.24) is 10.2 Å². The number of thioether (sulfide) groups is 1. The number of carbonyl (C=O) groups excluding carboxylic acids is 4. The van der Waals surface area contributed by atoms with Gasteiger partial charge in [-0.05, 0) is 26.3 Å². The topological polar surface area (TPSA) is 137 Å². The van der Waals surface area contributed by atoms with Gasteiger partial charge < -0.3 is 30.2 Å². The van der Waals surface area contributed by atoms with Crippen molar-refractivity contribution in [2.75, 3.05) is 6.61 Å². The summed E-state index contributed by atoms with van der Waals surface area (Å²) < 4.78 is 14.0. The van der Waals surface area contributed by atoms with Crippen LogP contribution in [0.5, 0.6) is 0 Å². The molecule has 2 aliphatic heterocycles. The van der Waals surface area contributed by atoms with Crippen LogP contribution < -0.4 is 11.1 Å². The quantitative estimate of drug-likeness (QED) is 0.325. The van der Waals surface area contributed by atoms with E-state index in [2.05, 4.69) is 10.1 Å². The van der Waals surface area contributed by atoms with E-state index >= 15 is 0 Å². The van der Waals surface area contributed by atoms with Crippen LogP contribution in [0.3, 0.4) is 0 Å². The Bertz CT molecular complexity index is 901. The summed E-state index contributed by atoms with van der Waals surface area (Å²) in [5.74, 6) is -1.58. The first kappa shape index (κ1) is 26.7. The smallest absolute Gasteiger partial charge is 0.435 e. The molecule has 2 amide bonds. The third-order valence-corrected chi connectivity index (χ3v) is 6.78. The second kappa shape index (κ2) is 10.6. The molecule has 3 rings (SSSR count). The Morgan fingerprint density at radius 1 is 1.21 bits per heavy atom. The Kier molecular flexibility index (Phi) is 8.61. The molecule has 0 radical (unpaired) electrons. The molecule has 2 aliphatic rings. The van der Waals surface area contributed by atoms with Crippen molar-refractivity contribution in [2.45, 2.75) is 62.2 Å². The molecule has 5 atom stereocenters. The SMILES string of the molecule is CCOC(=O)O[C@H](C)OC(=O)[C@@H]1N2C(=O)[C@@H](NC(=O)[C@H](N)c3ccccc3)[C@H]2SC1(C)C.Cl. The highest BCUT2D eigenvalue weighted by Gasteiger charge is 2.64. The Hall–Kier alpha value is -2.50. The van der Waals surface area contributed by atoms with Crippen molar-refractivity contribution in [3.8, 4) is 0 Å². The summed E-state index contributed by atoms with van der Waals surface area (Å²) in [7, 11) is 0. The molecule has 2 heterocycles. The van der Waals surface area contributed by atoms with Gasteiger partial charge in [0.15, 0.2) is 0 Å². The third-order valence-electron chi connectivity index (χ3n) is 5.21. The predicted octanol–water partition coefficient (Wildman–Crippen LogP) is 1.72. The number of benzene rings is 1. The number of fused-ring (bicyclic) bond motifs is 1. The van der Waals surface area contributed by atoms with Crippen molar-refractivity contribution in [3.63, 3.8) is 0 Å². The van der Waals surface area contributed by atoms with E-state index in [1.807, 2.05) is 6.07 Å². The zero-order valence-electron chi connectivity index (χ0n) is 18.7. The van der Waals surface area contributed by atoms with Gasteiger partial charge in [-0.3, -0.25) is 9.59 Å². The molecule has 0 unspecified atom stereocenters. The highest BCUT2D eigenvalue weighted by Crippen LogP contribution is 2.51. The predicted molar refractivity (Wildman–Crippen MR) is 122 cm³/mol. The molecular weight excluding hydrogens is 474 g/mol. The first-order valence-electron chi connectivity index (χ1n) is 10.2. The molecule has 1 aromatic rings. The van der Waals surface area contributed by atoms with E-state index in [1.54, 1.807) is 45.0 Å². The molecular formula is C21H28ClN3O7S. The molecule has 1 aromatic carbocycles. The Labute approximate surface area is 202 Å². The minimum atomic E-state index is -1.18. The molecule has 0 spiro atoms. The molecule has 2 fully saturated rings. The molecule has 0 saturated carbocycles. The average molecular weight is 502 g/mol. The fourth-order valence-corrected chi connectivity index (χ4v) is 5.34. The Morgan fingerprint density at radius 2 is 1.85 bits per heavy atom. The molecule has 3 N–H and O–H groups in total. The summed E-state index contributed by atoms with van der Waals surface area (Å²) in [6, 6.07) is 6.21. The average Bonchev–Trinajstić information content (AvgIpc) is 2.99. The standard InChI is InChI=1S/C21H27N3O7S.ClH/c1-5-29-20(28)31-11(2)30-19(27)15-21(3,4)32-18-14(17(26)24(15)18)23-16(25)13(22)12-9-7-6-8-10-12;/h6-11,13-15,18H,5,22H2,1-4H3,(H,23,25);1H/t11-,13-,14-,15+,18-;/m1./s1. The van der Waals surface area contributed by atoms with E-state index in [4.69, 9.17) is 15.2 Å². The summed E-state index contributed by atoms with van der Waals surface area (Å²) in [5.41, 5.74) is 6.65. The van der Waals surface area contributed by atoms with Crippen LogP contribution in [0.25, 0.3) is 0 Å². The van der Waals surface area contributed by atoms with Crippen molar-refractivity contribution in [1.29, 1.82) is 0 Å². The number of halogens is 1. The van der Waals surface area contributed by atoms with Crippen LogP contribution in [-0.4, -0.2) is 63.9 Å². The van der Waals surface area contributed by atoms with Gasteiger partial charge in [0.25, 0.3) is 0 Å². The van der Waals surface area contributed by atoms with E-state index in [9.17, 15) is 19.2 Å². The second-order valence-electron chi connectivity index (χ2n) is 7.94. The van der Waals surface area contributed by atoms with Gasteiger partial charge in [-0.25, -0.2) is 9.59 Å². The first-order chi connectivity index (χ1) is 15.1. The van der Waals surface area contributed by atoms with E-state index in [-0.39, 0.29) is 19.0 Å². The third kappa shape index (κ3) is 5.53. The highest BCUT2D eigenvalue weighted by molar-refractivity contribution is 8.01. The number of esters is 1. The van der Waals surface area contributed by atoms with Gasteiger partial charge in [0.2, 0.25) is 18.1 Å². The van der Waals surface area contributed by atoms with Crippen LogP contribution in [0.2, 0.25) is 0 Å². The van der Waals surface area contributed by atoms with Crippen molar-refractivity contribution >= 4 is 48.1 Å². The normalized spacial score (nSPS) is 24.3. The maximum atomic E-state index is 12.8. The van der Waals surface area contributed by atoms with Gasteiger partial charge in [0.1, 0.15) is 23.5 Å². The van der Waals surface area contributed by atoms with E-state index in [1.165, 1.54) is 23.6 Å². The highest BCUT2D eigenvalue weighted by atomic mass is 35.5. The zero-order chi connectivity index (χ0) is 23.6. The van der Waals surface area contributed by atoms with Gasteiger partial charge in [0, 0.05) is 11.7 Å². The number of nitrogens with one attached hydrogen (secondary N) is 1. The molecule has 12 heteroatoms. The number of nitrogens with zero attached hydrogens (tertiary/aromatic N) is 1. The number of amides is 2. The number of ether oxygens (including phenoxy) is 3. The van der Waals surface area contributed by atoms with Crippen molar-refractivity contribution in [2.24, 2.45) is 5.73 Å². The lowest BCUT2D eigenvalue weighted by Crippen LogP contribution is -2.71. The summed E-state index contributed by atoms with van der Waals surface area (Å²) in [6.45, 7) is 6.74. The number of nitrogens with two attached hydrogens (primary N) is 1.